The smallest absolute Gasteiger partial charge is 0.0477 e. The van der Waals surface area contributed by atoms with E-state index in [4.69, 9.17) is 0 Å². The molecule has 4 rings (SSSR count). The molecular weight excluding hydrogens is 343 g/mol. The molecule has 0 aliphatic heterocycles. The molecule has 2 heteroatoms. The van der Waals surface area contributed by atoms with Crippen molar-refractivity contribution in [2.45, 2.75) is 13.3 Å². The van der Waals surface area contributed by atoms with Gasteiger partial charge in [0.25, 0.3) is 0 Å². The van der Waals surface area contributed by atoms with Gasteiger partial charge in [-0.15, -0.1) is 11.5 Å². The second-order valence-electron chi connectivity index (χ2n) is 5.74. The summed E-state index contributed by atoms with van der Waals surface area (Å²) in [5.74, 6) is 0. The monoisotopic (exact) mass is 361 g/mol. The van der Waals surface area contributed by atoms with Crippen LogP contribution in [0, 0.1) is 6.92 Å². The van der Waals surface area contributed by atoms with E-state index in [-0.39, 0.29) is 32.7 Å². The molecule has 0 fully saturated rings. The summed E-state index contributed by atoms with van der Waals surface area (Å²) in [5.41, 5.74) is 5.06. The van der Waals surface area contributed by atoms with E-state index in [0.717, 1.165) is 12.0 Å². The number of fused-ring (bicyclic) bond motifs is 5. The van der Waals surface area contributed by atoms with Gasteiger partial charge in [-0.25, -0.2) is 0 Å². The Kier molecular flexibility index (Phi) is 4.05. The van der Waals surface area contributed by atoms with Gasteiger partial charge in [0, 0.05) is 50.8 Å². The average Bonchev–Trinajstić information content (AvgIpc) is 2.81. The summed E-state index contributed by atoms with van der Waals surface area (Å²) in [6, 6.07) is 17.6. The van der Waals surface area contributed by atoms with Crippen LogP contribution in [0.5, 0.6) is 0 Å². The third kappa shape index (κ3) is 2.11. The van der Waals surface area contributed by atoms with Crippen molar-refractivity contribution in [1.29, 1.82) is 0 Å². The van der Waals surface area contributed by atoms with Gasteiger partial charge < -0.3 is 4.57 Å². The number of rotatable bonds is 1. The van der Waals surface area contributed by atoms with Gasteiger partial charge in [0.05, 0.1) is 0 Å². The molecule has 1 radical (unpaired) electrons. The molecule has 22 heavy (non-hydrogen) atoms. The Hall–Kier alpha value is -1.31. The largest absolute Gasteiger partial charge is 0.345 e. The summed E-state index contributed by atoms with van der Waals surface area (Å²) >= 11 is 0. The molecule has 0 saturated heterocycles. The van der Waals surface area contributed by atoms with Gasteiger partial charge in [-0.1, -0.05) is 48.2 Å². The molecule has 0 aliphatic carbocycles. The van der Waals surface area contributed by atoms with Crippen LogP contribution < -0.4 is 0 Å². The van der Waals surface area contributed by atoms with Gasteiger partial charge in [-0.2, -0.15) is 18.6 Å². The second-order valence-corrected chi connectivity index (χ2v) is 5.74. The molecule has 1 aromatic heterocycles. The van der Waals surface area contributed by atoms with Crippen LogP contribution >= 0.6 is 0 Å². The minimum absolute atomic E-state index is 0. The first-order valence-electron chi connectivity index (χ1n) is 7.45. The summed E-state index contributed by atoms with van der Waals surface area (Å²) < 4.78 is 2.30. The fourth-order valence-electron chi connectivity index (χ4n) is 3.43. The Balaban J connectivity index is 0.00000144. The van der Waals surface area contributed by atoms with Crippen LogP contribution in [0.15, 0.2) is 48.5 Å². The Morgan fingerprint density at radius 1 is 0.909 bits per heavy atom. The molecule has 0 aliphatic rings. The molecule has 0 N–H and O–H groups in total. The molecule has 0 amide bonds. The number of para-hydroxylation sites is 1. The van der Waals surface area contributed by atoms with E-state index in [1.807, 2.05) is 0 Å². The number of nitrogens with zero attached hydrogens (tertiary/aromatic N) is 1. The van der Waals surface area contributed by atoms with E-state index in [1.54, 1.807) is 0 Å². The average molecular weight is 361 g/mol. The van der Waals surface area contributed by atoms with Crippen molar-refractivity contribution in [1.82, 2.24) is 4.57 Å². The molecule has 107 valence electrons. The van der Waals surface area contributed by atoms with Crippen molar-refractivity contribution in [2.24, 2.45) is 7.05 Å². The zero-order valence-electron chi connectivity index (χ0n) is 13.1. The van der Waals surface area contributed by atoms with Gasteiger partial charge in [-0.3, -0.25) is 0 Å². The van der Waals surface area contributed by atoms with Gasteiger partial charge in [0.15, 0.2) is 0 Å². The molecule has 4 aromatic rings. The Morgan fingerprint density at radius 2 is 1.68 bits per heavy atom. The summed E-state index contributed by atoms with van der Waals surface area (Å²) in [7, 11) is 2.15. The fraction of sp³-hybridized carbons (Fsp3) is 0.150. The fourth-order valence-corrected chi connectivity index (χ4v) is 3.43. The minimum atomic E-state index is 0. The maximum atomic E-state index is 4.28. The van der Waals surface area contributed by atoms with Gasteiger partial charge in [-0.05, 0) is 23.3 Å². The predicted octanol–water partition coefficient (Wildman–Crippen LogP) is 5.23. The zero-order chi connectivity index (χ0) is 14.6. The van der Waals surface area contributed by atoms with Crippen LogP contribution in [0.3, 0.4) is 0 Å². The number of aromatic nitrogens is 1. The maximum Gasteiger partial charge on any atom is 0.0477 e. The number of aryl methyl sites for hydroxylation is 2. The molecule has 0 saturated carbocycles. The van der Waals surface area contributed by atoms with Gasteiger partial charge >= 0.3 is 0 Å². The SMILES string of the molecule is [CH2-]c1cc2c3ccccc3n(C)c2c2ccc(CC)cc12.[Y]. The maximum absolute atomic E-state index is 4.28. The van der Waals surface area contributed by atoms with Crippen LogP contribution in [0.4, 0.5) is 0 Å². The van der Waals surface area contributed by atoms with Crippen LogP contribution in [0.1, 0.15) is 18.1 Å². The molecular formula is C20H18NY-. The van der Waals surface area contributed by atoms with E-state index >= 15 is 0 Å². The first-order valence-corrected chi connectivity index (χ1v) is 7.45. The molecule has 0 bridgehead atoms. The molecule has 1 nitrogen and oxygen atoms in total. The predicted molar refractivity (Wildman–Crippen MR) is 91.8 cm³/mol. The topological polar surface area (TPSA) is 4.93 Å². The summed E-state index contributed by atoms with van der Waals surface area (Å²) in [6.07, 6.45) is 1.06. The van der Waals surface area contributed by atoms with Gasteiger partial charge in [0.1, 0.15) is 0 Å². The number of hydrogen-bond acceptors (Lipinski definition) is 0. The van der Waals surface area contributed by atoms with Crippen molar-refractivity contribution < 1.29 is 32.7 Å². The minimum Gasteiger partial charge on any atom is -0.345 e. The molecule has 0 atom stereocenters. The van der Waals surface area contributed by atoms with Crippen molar-refractivity contribution in [3.63, 3.8) is 0 Å². The van der Waals surface area contributed by atoms with Crippen molar-refractivity contribution >= 4 is 32.6 Å². The first kappa shape index (κ1) is 15.6. The van der Waals surface area contributed by atoms with Crippen molar-refractivity contribution in [3.05, 3.63) is 66.6 Å². The van der Waals surface area contributed by atoms with Crippen molar-refractivity contribution in [3.8, 4) is 0 Å². The van der Waals surface area contributed by atoms with Gasteiger partial charge in [0.2, 0.25) is 0 Å². The molecule has 0 spiro atoms. The Bertz CT molecular complexity index is 995. The quantitative estimate of drug-likeness (QED) is 0.409. The molecule has 1 heterocycles. The first-order chi connectivity index (χ1) is 10.2. The van der Waals surface area contributed by atoms with E-state index in [2.05, 4.69) is 74.0 Å². The summed E-state index contributed by atoms with van der Waals surface area (Å²) in [6.45, 7) is 6.47. The van der Waals surface area contributed by atoms with E-state index in [9.17, 15) is 0 Å². The third-order valence-corrected chi connectivity index (χ3v) is 4.56. The molecule has 3 aromatic carbocycles. The summed E-state index contributed by atoms with van der Waals surface area (Å²) in [4.78, 5) is 0. The third-order valence-electron chi connectivity index (χ3n) is 4.56. The molecule has 0 unspecified atom stereocenters. The van der Waals surface area contributed by atoms with E-state index in [0.29, 0.717) is 0 Å². The van der Waals surface area contributed by atoms with E-state index in [1.165, 1.54) is 38.1 Å². The van der Waals surface area contributed by atoms with Crippen LogP contribution in [0.2, 0.25) is 0 Å². The number of benzene rings is 3. The summed E-state index contributed by atoms with van der Waals surface area (Å²) in [5, 5.41) is 5.18. The zero-order valence-corrected chi connectivity index (χ0v) is 15.9. The Morgan fingerprint density at radius 3 is 2.45 bits per heavy atom. The normalized spacial score (nSPS) is 11.2. The van der Waals surface area contributed by atoms with Crippen LogP contribution in [-0.4, -0.2) is 4.57 Å². The Labute approximate surface area is 156 Å². The van der Waals surface area contributed by atoms with Crippen molar-refractivity contribution in [2.75, 3.05) is 0 Å². The second kappa shape index (κ2) is 5.72. The number of hydrogen-bond donors (Lipinski definition) is 0. The van der Waals surface area contributed by atoms with Crippen LogP contribution in [0.25, 0.3) is 32.6 Å². The van der Waals surface area contributed by atoms with E-state index < -0.39 is 0 Å². The van der Waals surface area contributed by atoms with Crippen LogP contribution in [-0.2, 0) is 46.2 Å². The standard InChI is InChI=1S/C20H18N.Y/c1-4-14-9-10-16-17(12-14)13(2)11-18-15-7-5-6-8-19(15)21(3)20(16)18;/h5-12H,2,4H2,1,3H3;/q-1;.